The average Bonchev–Trinajstić information content (AvgIpc) is 2.87. The molecule has 27 heavy (non-hydrogen) atoms. The monoisotopic (exact) mass is 368 g/mol. The van der Waals surface area contributed by atoms with Gasteiger partial charge in [0.15, 0.2) is 0 Å². The van der Waals surface area contributed by atoms with Gasteiger partial charge >= 0.3 is 13.1 Å². The highest BCUT2D eigenvalue weighted by molar-refractivity contribution is 6.62. The molecule has 1 aliphatic rings. The number of hydrogen-bond acceptors (Lipinski definition) is 5. The molecule has 0 N–H and O–H groups in total. The summed E-state index contributed by atoms with van der Waals surface area (Å²) in [5.74, 6) is 0.00222. The van der Waals surface area contributed by atoms with Crippen LogP contribution in [-0.4, -0.2) is 31.4 Å². The molecule has 2 aromatic rings. The van der Waals surface area contributed by atoms with Crippen LogP contribution in [0.2, 0.25) is 0 Å². The van der Waals surface area contributed by atoms with E-state index in [4.69, 9.17) is 18.8 Å². The van der Waals surface area contributed by atoms with Gasteiger partial charge in [-0.15, -0.1) is 0 Å². The topological polar surface area (TPSA) is 54.0 Å². The van der Waals surface area contributed by atoms with Crippen LogP contribution in [0, 0.1) is 0 Å². The van der Waals surface area contributed by atoms with Crippen molar-refractivity contribution in [2.45, 2.75) is 45.5 Å². The maximum Gasteiger partial charge on any atom is 0.494 e. The van der Waals surface area contributed by atoms with E-state index in [-0.39, 0.29) is 0 Å². The quantitative estimate of drug-likeness (QED) is 0.599. The molecule has 0 bridgehead atoms. The molecule has 1 aliphatic heterocycles. The van der Waals surface area contributed by atoms with E-state index in [0.29, 0.717) is 17.9 Å². The molecule has 0 amide bonds. The first-order valence-electron chi connectivity index (χ1n) is 8.98. The lowest BCUT2D eigenvalue weighted by Gasteiger charge is -2.32. The van der Waals surface area contributed by atoms with Crippen molar-refractivity contribution >= 4 is 18.6 Å². The first-order valence-corrected chi connectivity index (χ1v) is 8.98. The van der Waals surface area contributed by atoms with Crippen molar-refractivity contribution in [1.82, 2.24) is 0 Å². The first kappa shape index (κ1) is 19.5. The van der Waals surface area contributed by atoms with Crippen molar-refractivity contribution in [1.29, 1.82) is 0 Å². The molecule has 1 saturated heterocycles. The van der Waals surface area contributed by atoms with Crippen molar-refractivity contribution in [2.24, 2.45) is 0 Å². The largest absolute Gasteiger partial charge is 0.494 e. The second kappa shape index (κ2) is 7.37. The van der Waals surface area contributed by atoms with E-state index in [1.165, 1.54) is 7.11 Å². The van der Waals surface area contributed by atoms with Gasteiger partial charge in [0.05, 0.1) is 18.3 Å². The minimum atomic E-state index is -0.554. The Morgan fingerprint density at radius 3 is 2.22 bits per heavy atom. The van der Waals surface area contributed by atoms with Crippen LogP contribution < -0.4 is 10.2 Å². The fourth-order valence-corrected chi connectivity index (χ4v) is 2.80. The third-order valence-corrected chi connectivity index (χ3v) is 5.17. The number of methoxy groups -OCH3 is 1. The number of carbonyl (C=O) groups excluding carboxylic acids is 1. The number of ether oxygens (including phenoxy) is 2. The van der Waals surface area contributed by atoms with Gasteiger partial charge in [0.25, 0.3) is 0 Å². The van der Waals surface area contributed by atoms with Crippen LogP contribution in [0.3, 0.4) is 0 Å². The molecule has 0 spiro atoms. The predicted molar refractivity (Wildman–Crippen MR) is 104 cm³/mol. The van der Waals surface area contributed by atoms with E-state index in [2.05, 4.69) is 0 Å². The summed E-state index contributed by atoms with van der Waals surface area (Å²) < 4.78 is 22.9. The Labute approximate surface area is 160 Å². The zero-order valence-corrected chi connectivity index (χ0v) is 16.4. The molecule has 0 saturated carbocycles. The van der Waals surface area contributed by atoms with Gasteiger partial charge in [-0.25, -0.2) is 4.79 Å². The summed E-state index contributed by atoms with van der Waals surface area (Å²) in [5.41, 5.74) is 1.21. The van der Waals surface area contributed by atoms with E-state index in [1.807, 2.05) is 64.1 Å². The minimum absolute atomic E-state index is 0.348. The predicted octanol–water partition coefficient (Wildman–Crippen LogP) is 3.35. The summed E-state index contributed by atoms with van der Waals surface area (Å²) in [4.78, 5) is 12.3. The number of esters is 1. The molecular weight excluding hydrogens is 343 g/mol. The van der Waals surface area contributed by atoms with Crippen LogP contribution in [0.4, 0.5) is 0 Å². The Morgan fingerprint density at radius 2 is 1.63 bits per heavy atom. The summed E-state index contributed by atoms with van der Waals surface area (Å²) in [6.45, 7) is 8.33. The van der Waals surface area contributed by atoms with Gasteiger partial charge in [-0.3, -0.25) is 0 Å². The van der Waals surface area contributed by atoms with Crippen molar-refractivity contribution in [3.63, 3.8) is 0 Å². The smallest absolute Gasteiger partial charge is 0.488 e. The molecule has 0 atom stereocenters. The van der Waals surface area contributed by atoms with E-state index in [0.717, 1.165) is 11.0 Å². The highest BCUT2D eigenvalue weighted by atomic mass is 16.7. The number of benzene rings is 2. The zero-order valence-electron chi connectivity index (χ0n) is 16.4. The maximum atomic E-state index is 12.3. The molecule has 0 unspecified atom stereocenters. The van der Waals surface area contributed by atoms with Gasteiger partial charge in [0.1, 0.15) is 17.9 Å². The Kier molecular flexibility index (Phi) is 5.31. The lowest BCUT2D eigenvalue weighted by molar-refractivity contribution is 0.00578. The first-order chi connectivity index (χ1) is 12.7. The van der Waals surface area contributed by atoms with Gasteiger partial charge in [0.2, 0.25) is 0 Å². The Bertz CT molecular complexity index is 801. The van der Waals surface area contributed by atoms with Gasteiger partial charge in [0, 0.05) is 0 Å². The van der Waals surface area contributed by atoms with Gasteiger partial charge in [-0.2, -0.15) is 0 Å². The average molecular weight is 368 g/mol. The van der Waals surface area contributed by atoms with Crippen molar-refractivity contribution in [2.75, 3.05) is 7.11 Å². The molecule has 6 heteroatoms. The number of rotatable bonds is 5. The highest BCUT2D eigenvalue weighted by Crippen LogP contribution is 2.36. The van der Waals surface area contributed by atoms with Crippen LogP contribution in [0.5, 0.6) is 5.75 Å². The van der Waals surface area contributed by atoms with Crippen molar-refractivity contribution < 1.29 is 23.6 Å². The van der Waals surface area contributed by atoms with Crippen molar-refractivity contribution in [3.8, 4) is 5.75 Å². The van der Waals surface area contributed by atoms with Gasteiger partial charge < -0.3 is 18.8 Å². The van der Waals surface area contributed by atoms with Crippen LogP contribution in [-0.2, 0) is 20.7 Å². The molecule has 5 nitrogen and oxygen atoms in total. The SMILES string of the molecule is COC(=O)c1cc(B2OC(C)(C)C(C)(C)O2)ccc1OCc1ccccc1. The normalized spacial score (nSPS) is 17.6. The standard InChI is InChI=1S/C21H25BO5/c1-20(2)21(3,4)27-22(26-20)16-11-12-18(17(13-16)19(23)24-5)25-14-15-9-7-6-8-10-15/h6-13H,14H2,1-5H3. The summed E-state index contributed by atoms with van der Waals surface area (Å²) >= 11 is 0. The third kappa shape index (κ3) is 4.02. The molecule has 0 aromatic heterocycles. The van der Waals surface area contributed by atoms with Crippen LogP contribution in [0.1, 0.15) is 43.6 Å². The second-order valence-electron chi connectivity index (χ2n) is 7.61. The lowest BCUT2D eigenvalue weighted by Crippen LogP contribution is -2.41. The summed E-state index contributed by atoms with van der Waals surface area (Å²) in [6.07, 6.45) is 0. The molecule has 0 aliphatic carbocycles. The molecule has 2 aromatic carbocycles. The van der Waals surface area contributed by atoms with E-state index >= 15 is 0 Å². The van der Waals surface area contributed by atoms with E-state index < -0.39 is 24.3 Å². The fourth-order valence-electron chi connectivity index (χ4n) is 2.80. The molecule has 3 rings (SSSR count). The second-order valence-corrected chi connectivity index (χ2v) is 7.61. The number of hydrogen-bond donors (Lipinski definition) is 0. The van der Waals surface area contributed by atoms with Gasteiger partial charge in [-0.1, -0.05) is 36.4 Å². The molecule has 1 heterocycles. The van der Waals surface area contributed by atoms with E-state index in [9.17, 15) is 4.79 Å². The Hall–Kier alpha value is -2.31. The summed E-state index contributed by atoms with van der Waals surface area (Å²) in [5, 5.41) is 0. The van der Waals surface area contributed by atoms with Gasteiger partial charge in [-0.05, 0) is 50.9 Å². The van der Waals surface area contributed by atoms with Crippen LogP contribution in [0.15, 0.2) is 48.5 Å². The van der Waals surface area contributed by atoms with Crippen molar-refractivity contribution in [3.05, 3.63) is 59.7 Å². The van der Waals surface area contributed by atoms with Crippen LogP contribution >= 0.6 is 0 Å². The molecule has 142 valence electrons. The third-order valence-electron chi connectivity index (χ3n) is 5.17. The Balaban J connectivity index is 1.85. The molecule has 0 radical (unpaired) electrons. The lowest BCUT2D eigenvalue weighted by atomic mass is 9.78. The maximum absolute atomic E-state index is 12.3. The minimum Gasteiger partial charge on any atom is -0.488 e. The fraction of sp³-hybridized carbons (Fsp3) is 0.381. The van der Waals surface area contributed by atoms with E-state index in [1.54, 1.807) is 12.1 Å². The number of carbonyl (C=O) groups is 1. The summed E-state index contributed by atoms with van der Waals surface area (Å²) in [7, 11) is 0.798. The Morgan fingerprint density at radius 1 is 1.00 bits per heavy atom. The highest BCUT2D eigenvalue weighted by Gasteiger charge is 2.51. The van der Waals surface area contributed by atoms with Crippen LogP contribution in [0.25, 0.3) is 0 Å². The molecule has 1 fully saturated rings. The molecular formula is C21H25BO5. The summed E-state index contributed by atoms with van der Waals surface area (Å²) in [6, 6.07) is 15.1. The zero-order chi connectivity index (χ0) is 19.7.